The lowest BCUT2D eigenvalue weighted by atomic mass is 10.4. The van der Waals surface area contributed by atoms with Gasteiger partial charge in [0.25, 0.3) is 0 Å². The molecule has 3 radical (unpaired) electrons. The second-order valence-electron chi connectivity index (χ2n) is 12.2. The zero-order chi connectivity index (χ0) is 73.3. The van der Waals surface area contributed by atoms with Gasteiger partial charge in [0, 0.05) is 435 Å². The molecule has 4 heteroatoms. The van der Waals surface area contributed by atoms with Crippen molar-refractivity contribution >= 4 is 53.6 Å². The smallest absolute Gasteiger partial charge is 0.0192 e. The number of halogens is 3. The van der Waals surface area contributed by atoms with Gasteiger partial charge in [-0.2, -0.15) is 0 Å². The van der Waals surface area contributed by atoms with Crippen molar-refractivity contribution in [1.82, 2.24) is 0 Å². The maximum absolute atomic E-state index is 4.94. The molecule has 0 aromatic rings. The first kappa shape index (κ1) is 93.2. The van der Waals surface area contributed by atoms with Gasteiger partial charge in [-0.15, -0.1) is 12.8 Å². The molecule has 0 saturated heterocycles. The molecule has 0 aromatic heterocycles. The van der Waals surface area contributed by atoms with Gasteiger partial charge in [-0.25, -0.2) is 0 Å². The lowest BCUT2D eigenvalue weighted by Gasteiger charge is -1.57. The quantitative estimate of drug-likeness (QED) is 0.199. The maximum Gasteiger partial charge on any atom is 0.0192 e. The fourth-order valence-corrected chi connectivity index (χ4v) is 3.20. The number of terminal acetylenes is 2. The fourth-order valence-electron chi connectivity index (χ4n) is 2.93. The van der Waals surface area contributed by atoms with Crippen molar-refractivity contribution in [3.05, 3.63) is 0 Å². The van der Waals surface area contributed by atoms with Crippen molar-refractivity contribution in [3.8, 4) is 589 Å². The predicted octanol–water partition coefficient (Wildman–Crippen LogP) is 3.09. The molecule has 0 nitrogen and oxygen atoms in total. The molecule has 0 aliphatic rings. The summed E-state index contributed by atoms with van der Waals surface area (Å²) in [7, 11) is 0. The van der Waals surface area contributed by atoms with Crippen LogP contribution in [0.15, 0.2) is 0 Å². The molecule has 0 unspecified atom stereocenters. The van der Waals surface area contributed by atoms with Gasteiger partial charge in [0.1, 0.15) is 0 Å². The second-order valence-corrected chi connectivity index (χ2v) is 13.3. The minimum Gasteiger partial charge on any atom is -0.269 e. The summed E-state index contributed by atoms with van der Waals surface area (Å²) in [6, 6.07) is 0. The van der Waals surface area contributed by atoms with E-state index in [0.29, 0.717) is 0 Å². The van der Waals surface area contributed by atoms with E-state index in [1.165, 1.54) is 0 Å². The second kappa shape index (κ2) is 94.6. The first-order valence-electron chi connectivity index (χ1n) is 25.0. The summed E-state index contributed by atoms with van der Waals surface area (Å²) in [5, 5.41) is 0. The Morgan fingerprint density at radius 3 is 0.219 bits per heavy atom. The van der Waals surface area contributed by atoms with Crippen LogP contribution in [-0.2, 0) is 0 Å². The third-order valence-electron chi connectivity index (χ3n) is 5.99. The predicted molar refractivity (Wildman–Crippen MR) is 438 cm³/mol. The van der Waals surface area contributed by atoms with Crippen LogP contribution in [0.3, 0.4) is 0 Å². The standard InChI is InChI=1S/2C50HI.CH4.B.FH.2H2/c2*1-2-3-4-5-6-7-8-9-10-11-12-13-14-15-16-17-18-19-20-21-22-23-24-25-26-27-28-29-30-31-32-33-34-35-36-37-38-39-40-41-42-43-44-45-46-47-48-49-50-51;;;;;/h2*1H;1H4;;3*1H/i;;;;;1+1;. The molecular weight excluding hydrogens is 1500 g/mol. The van der Waals surface area contributed by atoms with E-state index < -0.39 is 0 Å². The first-order valence-corrected chi connectivity index (χ1v) is 27.1. The average molecular weight is 1510 g/mol. The van der Waals surface area contributed by atoms with Gasteiger partial charge < -0.3 is 0 Å². The highest BCUT2D eigenvalue weighted by atomic mass is 127. The summed E-state index contributed by atoms with van der Waals surface area (Å²) in [5.74, 6) is 238. The van der Waals surface area contributed by atoms with Crippen molar-refractivity contribution in [2.24, 2.45) is 0 Å². The third kappa shape index (κ3) is 97.3. The molecule has 0 heterocycles. The van der Waals surface area contributed by atoms with E-state index in [1.807, 2.05) is 45.2 Å². The minimum atomic E-state index is 0. The summed E-state index contributed by atoms with van der Waals surface area (Å²) in [6.45, 7) is 0. The van der Waals surface area contributed by atoms with Crippen LogP contribution in [0.25, 0.3) is 0 Å². The van der Waals surface area contributed by atoms with Crippen molar-refractivity contribution < 1.29 is 7.56 Å². The first-order chi connectivity index (χ1) is 50.8. The van der Waals surface area contributed by atoms with E-state index in [0.717, 1.165) is 0 Å². The fraction of sp³-hybridized carbons (Fsp3) is 0.00990. The van der Waals surface area contributed by atoms with Crippen molar-refractivity contribution in [2.75, 3.05) is 0 Å². The summed E-state index contributed by atoms with van der Waals surface area (Å²) in [5.41, 5.74) is 0. The Morgan fingerprint density at radius 2 is 0.171 bits per heavy atom. The van der Waals surface area contributed by atoms with Gasteiger partial charge in [-0.3, -0.25) is 4.70 Å². The van der Waals surface area contributed by atoms with Crippen LogP contribution in [0.2, 0.25) is 0 Å². The van der Waals surface area contributed by atoms with Crippen LogP contribution < -0.4 is 0 Å². The summed E-state index contributed by atoms with van der Waals surface area (Å²) < 4.78 is 5.19. The summed E-state index contributed by atoms with van der Waals surface area (Å²) in [4.78, 5) is 0. The molecule has 0 saturated carbocycles. The highest BCUT2D eigenvalue weighted by Gasteiger charge is 1.67. The molecule has 0 N–H and O–H groups in total. The Hall–Kier alpha value is -20.5. The normalized spacial score (nSPS) is 3.81. The molecule has 0 aromatic carbocycles. The van der Waals surface area contributed by atoms with Gasteiger partial charge in [-0.05, 0) is 197 Å². The van der Waals surface area contributed by atoms with Crippen molar-refractivity contribution in [1.29, 1.82) is 0 Å². The van der Waals surface area contributed by atoms with Crippen LogP contribution in [0.5, 0.6) is 0 Å². The van der Waals surface area contributed by atoms with Crippen LogP contribution in [0.4, 0.5) is 4.70 Å². The molecule has 0 bridgehead atoms. The Bertz CT molecular complexity index is 6710. The Morgan fingerprint density at radius 1 is 0.124 bits per heavy atom. The van der Waals surface area contributed by atoms with E-state index in [4.69, 9.17) is 12.8 Å². The molecule has 0 spiro atoms. The highest BCUT2D eigenvalue weighted by Crippen LogP contribution is 1.70. The van der Waals surface area contributed by atoms with Gasteiger partial charge >= 0.3 is 0 Å². The summed E-state index contributed by atoms with van der Waals surface area (Å²) in [6.07, 6.45) is 9.88. The molecule has 439 valence electrons. The topological polar surface area (TPSA) is 0 Å². The average Bonchev–Trinajstić information content (AvgIpc) is 3.82. The zero-order valence-corrected chi connectivity index (χ0v) is 56.2. The highest BCUT2D eigenvalue weighted by molar-refractivity contribution is 14.1. The van der Waals surface area contributed by atoms with Gasteiger partial charge in [0.15, 0.2) is 0 Å². The monoisotopic (exact) mass is 1510 g/mol. The van der Waals surface area contributed by atoms with Crippen LogP contribution >= 0.6 is 45.2 Å². The number of hydrogen-bond acceptors (Lipinski definition) is 0. The largest absolute Gasteiger partial charge is 0.269 e. The minimum absolute atomic E-state index is 0. The molecule has 0 aliphatic heterocycles. The van der Waals surface area contributed by atoms with E-state index >= 15 is 0 Å². The molecule has 0 amide bonds. The molecular formula is C101H11BFI2. The van der Waals surface area contributed by atoms with E-state index in [2.05, 4.69) is 576 Å². The van der Waals surface area contributed by atoms with Gasteiger partial charge in [0.2, 0.25) is 0 Å². The van der Waals surface area contributed by atoms with Crippen LogP contribution in [-0.4, -0.2) is 8.41 Å². The Balaban J connectivity index is -0.000000357. The van der Waals surface area contributed by atoms with Gasteiger partial charge in [0.05, 0.1) is 0 Å². The van der Waals surface area contributed by atoms with Gasteiger partial charge in [-0.1, -0.05) is 7.43 Å². The number of hydrogen-bond donors (Lipinski definition) is 0. The molecule has 0 fully saturated rings. The summed E-state index contributed by atoms with van der Waals surface area (Å²) >= 11 is 3.76. The molecule has 0 aliphatic carbocycles. The Kier molecular flexibility index (Phi) is 83.9. The van der Waals surface area contributed by atoms with Crippen molar-refractivity contribution in [3.63, 3.8) is 0 Å². The van der Waals surface area contributed by atoms with E-state index in [-0.39, 0.29) is 23.4 Å². The lowest BCUT2D eigenvalue weighted by molar-refractivity contribution is 1.11. The Labute approximate surface area is 652 Å². The molecule has 0 atom stereocenters. The number of rotatable bonds is 0. The van der Waals surface area contributed by atoms with Crippen LogP contribution in [0.1, 0.15) is 10.3 Å². The SMILES string of the molecule is C.C#CC#CC#CC#CC#CC#CC#CC#CC#CC#CC#CC#CC#CC#CC#CC#CC#CC#CC#CC#CC#CC#CC#CC#CC#CI.C#CC#CC#CC#CC#CC#CC#CC#CC#CC#CC#CC#CC#CC#CC#CC#CC#CC#CC#CC#CC#CC#CC#CC#CC#CI.F.[2HH].[B].[HH]. The zero-order valence-electron chi connectivity index (χ0n) is 51.9. The third-order valence-corrected chi connectivity index (χ3v) is 6.53. The molecule has 0 rings (SSSR count). The maximum atomic E-state index is 4.94. The van der Waals surface area contributed by atoms with Crippen LogP contribution in [0, 0.1) is 589 Å². The molecule has 105 heavy (non-hydrogen) atoms. The van der Waals surface area contributed by atoms with E-state index in [9.17, 15) is 0 Å². The van der Waals surface area contributed by atoms with E-state index in [1.54, 1.807) is 0 Å². The lowest BCUT2D eigenvalue weighted by Crippen LogP contribution is -1.57. The van der Waals surface area contributed by atoms with Crippen molar-refractivity contribution in [2.45, 2.75) is 7.43 Å².